The summed E-state index contributed by atoms with van der Waals surface area (Å²) in [7, 11) is 0. The second kappa shape index (κ2) is 7.12. The molecular weight excluding hydrogens is 304 g/mol. The van der Waals surface area contributed by atoms with Gasteiger partial charge in [0.25, 0.3) is 5.91 Å². The van der Waals surface area contributed by atoms with E-state index in [1.807, 2.05) is 18.2 Å². The van der Waals surface area contributed by atoms with Crippen LogP contribution in [0.25, 0.3) is 0 Å². The lowest BCUT2D eigenvalue weighted by atomic mass is 10.1. The second-order valence-electron chi connectivity index (χ2n) is 5.85. The minimum absolute atomic E-state index is 0.0998. The summed E-state index contributed by atoms with van der Waals surface area (Å²) in [5.41, 5.74) is 1.27. The molecule has 2 amide bonds. The van der Waals surface area contributed by atoms with Crippen LogP contribution in [0.2, 0.25) is 0 Å². The van der Waals surface area contributed by atoms with Crippen LogP contribution in [0, 0.1) is 0 Å². The van der Waals surface area contributed by atoms with Crippen molar-refractivity contribution in [1.82, 2.24) is 10.3 Å². The standard InChI is InChI=1S/C18H20N4O2/c1-13(23)20-15-7-5-14(6-8-15)18(24)21-16-9-11-22(12-16)17-4-2-3-10-19-17/h2-8,10,16H,9,11-12H2,1H3,(H,20,23)(H,21,24). The summed E-state index contributed by atoms with van der Waals surface area (Å²) in [6.07, 6.45) is 2.67. The highest BCUT2D eigenvalue weighted by Gasteiger charge is 2.24. The maximum absolute atomic E-state index is 12.3. The van der Waals surface area contributed by atoms with Crippen LogP contribution in [0.5, 0.6) is 0 Å². The van der Waals surface area contributed by atoms with Crippen LogP contribution in [0.15, 0.2) is 48.7 Å². The van der Waals surface area contributed by atoms with Crippen LogP contribution in [-0.4, -0.2) is 35.9 Å². The van der Waals surface area contributed by atoms with Crippen molar-refractivity contribution >= 4 is 23.3 Å². The highest BCUT2D eigenvalue weighted by molar-refractivity contribution is 5.95. The zero-order valence-corrected chi connectivity index (χ0v) is 13.5. The van der Waals surface area contributed by atoms with E-state index in [0.29, 0.717) is 11.3 Å². The molecule has 0 aliphatic carbocycles. The van der Waals surface area contributed by atoms with Crippen LogP contribution in [-0.2, 0) is 4.79 Å². The molecule has 1 fully saturated rings. The van der Waals surface area contributed by atoms with Gasteiger partial charge in [-0.15, -0.1) is 0 Å². The molecule has 1 atom stereocenters. The molecule has 2 aromatic rings. The maximum Gasteiger partial charge on any atom is 0.251 e. The van der Waals surface area contributed by atoms with E-state index in [9.17, 15) is 9.59 Å². The summed E-state index contributed by atoms with van der Waals surface area (Å²) in [6, 6.07) is 12.8. The number of benzene rings is 1. The number of anilines is 2. The van der Waals surface area contributed by atoms with E-state index in [1.54, 1.807) is 30.5 Å². The number of carbonyl (C=O) groups is 2. The molecule has 1 aliphatic rings. The molecule has 3 rings (SSSR count). The molecule has 0 bridgehead atoms. The van der Waals surface area contributed by atoms with E-state index in [4.69, 9.17) is 0 Å². The zero-order valence-electron chi connectivity index (χ0n) is 13.5. The number of hydrogen-bond donors (Lipinski definition) is 2. The SMILES string of the molecule is CC(=O)Nc1ccc(C(=O)NC2CCN(c3ccccn3)C2)cc1. The van der Waals surface area contributed by atoms with E-state index in [1.165, 1.54) is 6.92 Å². The molecule has 2 heterocycles. The molecule has 6 heteroatoms. The Morgan fingerprint density at radius 3 is 2.62 bits per heavy atom. The van der Waals surface area contributed by atoms with E-state index < -0.39 is 0 Å². The average Bonchev–Trinajstić information content (AvgIpc) is 3.04. The molecule has 0 radical (unpaired) electrons. The Bertz CT molecular complexity index is 716. The minimum Gasteiger partial charge on any atom is -0.354 e. The summed E-state index contributed by atoms with van der Waals surface area (Å²) in [5.74, 6) is 0.707. The van der Waals surface area contributed by atoms with Crippen LogP contribution in [0.1, 0.15) is 23.7 Å². The number of nitrogens with one attached hydrogen (secondary N) is 2. The highest BCUT2D eigenvalue weighted by Crippen LogP contribution is 2.18. The lowest BCUT2D eigenvalue weighted by Crippen LogP contribution is -2.37. The summed E-state index contributed by atoms with van der Waals surface area (Å²) in [6.45, 7) is 3.09. The van der Waals surface area contributed by atoms with E-state index in [0.717, 1.165) is 25.3 Å². The first-order valence-corrected chi connectivity index (χ1v) is 7.96. The van der Waals surface area contributed by atoms with Gasteiger partial charge in [0.2, 0.25) is 5.91 Å². The molecule has 1 aromatic heterocycles. The Hall–Kier alpha value is -2.89. The van der Waals surface area contributed by atoms with Crippen LogP contribution >= 0.6 is 0 Å². The molecular formula is C18H20N4O2. The lowest BCUT2D eigenvalue weighted by Gasteiger charge is -2.17. The Kier molecular flexibility index (Phi) is 4.74. The molecule has 124 valence electrons. The quantitative estimate of drug-likeness (QED) is 0.903. The first kappa shape index (κ1) is 16.0. The van der Waals surface area contributed by atoms with Crippen molar-refractivity contribution in [3.05, 3.63) is 54.2 Å². The average molecular weight is 324 g/mol. The maximum atomic E-state index is 12.3. The topological polar surface area (TPSA) is 74.3 Å². The second-order valence-corrected chi connectivity index (χ2v) is 5.85. The Morgan fingerprint density at radius 1 is 1.17 bits per heavy atom. The number of carbonyl (C=O) groups excluding carboxylic acids is 2. The number of pyridine rings is 1. The van der Waals surface area contributed by atoms with Crippen molar-refractivity contribution in [3.8, 4) is 0 Å². The highest BCUT2D eigenvalue weighted by atomic mass is 16.2. The van der Waals surface area contributed by atoms with Crippen molar-refractivity contribution in [2.24, 2.45) is 0 Å². The third-order valence-corrected chi connectivity index (χ3v) is 3.96. The summed E-state index contributed by atoms with van der Waals surface area (Å²) >= 11 is 0. The van der Waals surface area contributed by atoms with E-state index >= 15 is 0 Å². The molecule has 6 nitrogen and oxygen atoms in total. The van der Waals surface area contributed by atoms with Crippen LogP contribution < -0.4 is 15.5 Å². The van der Waals surface area contributed by atoms with Gasteiger partial charge in [0, 0.05) is 43.5 Å². The fourth-order valence-corrected chi connectivity index (χ4v) is 2.80. The summed E-state index contributed by atoms with van der Waals surface area (Å²) < 4.78 is 0. The number of aromatic nitrogens is 1. The lowest BCUT2D eigenvalue weighted by molar-refractivity contribution is -0.114. The van der Waals surface area contributed by atoms with Gasteiger partial charge in [-0.25, -0.2) is 4.98 Å². The van der Waals surface area contributed by atoms with Gasteiger partial charge in [-0.2, -0.15) is 0 Å². The number of amides is 2. The largest absolute Gasteiger partial charge is 0.354 e. The van der Waals surface area contributed by atoms with Gasteiger partial charge >= 0.3 is 0 Å². The molecule has 2 N–H and O–H groups in total. The van der Waals surface area contributed by atoms with Gasteiger partial charge in [-0.1, -0.05) is 6.07 Å². The fraction of sp³-hybridized carbons (Fsp3) is 0.278. The van der Waals surface area contributed by atoms with Crippen molar-refractivity contribution in [1.29, 1.82) is 0 Å². The number of rotatable bonds is 4. The third-order valence-electron chi connectivity index (χ3n) is 3.96. The van der Waals surface area contributed by atoms with E-state index in [2.05, 4.69) is 20.5 Å². The Labute approximate surface area is 140 Å². The predicted molar refractivity (Wildman–Crippen MR) is 93.1 cm³/mol. The van der Waals surface area contributed by atoms with Gasteiger partial charge < -0.3 is 15.5 Å². The molecule has 1 aromatic carbocycles. The van der Waals surface area contributed by atoms with E-state index in [-0.39, 0.29) is 17.9 Å². The van der Waals surface area contributed by atoms with Gasteiger partial charge in [-0.05, 0) is 42.8 Å². The van der Waals surface area contributed by atoms with Crippen molar-refractivity contribution in [2.75, 3.05) is 23.3 Å². The van der Waals surface area contributed by atoms with Gasteiger partial charge in [0.05, 0.1) is 0 Å². The van der Waals surface area contributed by atoms with Crippen molar-refractivity contribution < 1.29 is 9.59 Å². The first-order chi connectivity index (χ1) is 11.6. The fourth-order valence-electron chi connectivity index (χ4n) is 2.80. The van der Waals surface area contributed by atoms with Gasteiger partial charge in [0.15, 0.2) is 0 Å². The Balaban J connectivity index is 1.56. The normalized spacial score (nSPS) is 16.7. The van der Waals surface area contributed by atoms with Crippen LogP contribution in [0.3, 0.4) is 0 Å². The zero-order chi connectivity index (χ0) is 16.9. The number of nitrogens with zero attached hydrogens (tertiary/aromatic N) is 2. The van der Waals surface area contributed by atoms with Gasteiger partial charge in [0.1, 0.15) is 5.82 Å². The molecule has 24 heavy (non-hydrogen) atoms. The monoisotopic (exact) mass is 324 g/mol. The predicted octanol–water partition coefficient (Wildman–Crippen LogP) is 2.05. The Morgan fingerprint density at radius 2 is 1.96 bits per heavy atom. The molecule has 1 aliphatic heterocycles. The molecule has 1 saturated heterocycles. The summed E-state index contributed by atoms with van der Waals surface area (Å²) in [4.78, 5) is 29.9. The van der Waals surface area contributed by atoms with Gasteiger partial charge in [-0.3, -0.25) is 9.59 Å². The minimum atomic E-state index is -0.132. The molecule has 0 saturated carbocycles. The first-order valence-electron chi connectivity index (χ1n) is 7.96. The van der Waals surface area contributed by atoms with Crippen molar-refractivity contribution in [2.45, 2.75) is 19.4 Å². The summed E-state index contributed by atoms with van der Waals surface area (Å²) in [5, 5.41) is 5.74. The molecule has 0 spiro atoms. The smallest absolute Gasteiger partial charge is 0.251 e. The third kappa shape index (κ3) is 3.90. The van der Waals surface area contributed by atoms with Crippen LogP contribution in [0.4, 0.5) is 11.5 Å². The van der Waals surface area contributed by atoms with Crippen molar-refractivity contribution in [3.63, 3.8) is 0 Å². The molecule has 1 unspecified atom stereocenters. The number of hydrogen-bond acceptors (Lipinski definition) is 4.